The first-order valence-electron chi connectivity index (χ1n) is 14.7. The molecule has 46 heavy (non-hydrogen) atoms. The Kier molecular flexibility index (Phi) is 7.23. The van der Waals surface area contributed by atoms with Crippen molar-refractivity contribution in [1.82, 2.24) is 4.90 Å². The lowest BCUT2D eigenvalue weighted by molar-refractivity contribution is -0.140. The number of halogens is 4. The number of fused-ring (bicyclic) bond motifs is 4. The van der Waals surface area contributed by atoms with Gasteiger partial charge in [-0.2, -0.15) is 0 Å². The van der Waals surface area contributed by atoms with E-state index in [9.17, 15) is 33.8 Å². The number of alkyl halides is 2. The number of phenolic OH excluding ortho intramolecular Hbond substituents is 2. The molecule has 2 aliphatic carbocycles. The number of aromatic hydroxyl groups is 2. The number of hydrogen-bond donors (Lipinski definition) is 2. The number of carbonyl (C=O) groups excluding carboxylic acids is 4. The smallest absolute Gasteiger partial charge is 0.258 e. The maximum atomic E-state index is 14.4. The highest BCUT2D eigenvalue weighted by molar-refractivity contribution is 6.58. The molecule has 0 spiro atoms. The highest BCUT2D eigenvalue weighted by Crippen LogP contribution is 2.66. The average molecular weight is 684 g/mol. The van der Waals surface area contributed by atoms with Crippen LogP contribution in [0.3, 0.4) is 0 Å². The zero-order valence-corrected chi connectivity index (χ0v) is 26.3. The van der Waals surface area contributed by atoms with Gasteiger partial charge in [-0.05, 0) is 85.3 Å². The third-order valence-electron chi connectivity index (χ3n) is 9.85. The summed E-state index contributed by atoms with van der Waals surface area (Å²) in [6.45, 7) is 0.108. The molecule has 2 aliphatic heterocycles. The molecule has 2 heterocycles. The summed E-state index contributed by atoms with van der Waals surface area (Å²) in [6.07, 6.45) is 2.06. The predicted molar refractivity (Wildman–Crippen MR) is 168 cm³/mol. The quantitative estimate of drug-likeness (QED) is 0.203. The Morgan fingerprint density at radius 1 is 0.870 bits per heavy atom. The summed E-state index contributed by atoms with van der Waals surface area (Å²) in [5.74, 6) is -6.83. The first-order valence-corrected chi connectivity index (χ1v) is 15.8. The molecule has 236 valence electrons. The lowest BCUT2D eigenvalue weighted by atomic mass is 9.56. The second-order valence-electron chi connectivity index (χ2n) is 12.2. The highest BCUT2D eigenvalue weighted by atomic mass is 35.5. The fourth-order valence-electron chi connectivity index (χ4n) is 7.69. The maximum Gasteiger partial charge on any atom is 0.258 e. The molecule has 1 saturated carbocycles. The zero-order valence-electron chi connectivity index (χ0n) is 24.0. The molecule has 3 aromatic carbocycles. The fraction of sp³-hybridized carbons (Fsp3) is 0.294. The number of allylic oxidation sites excluding steroid dienone is 2. The maximum absolute atomic E-state index is 14.4. The summed E-state index contributed by atoms with van der Waals surface area (Å²) in [6, 6.07) is 15.5. The first kappa shape index (κ1) is 30.7. The van der Waals surface area contributed by atoms with E-state index in [1.807, 2.05) is 0 Å². The molecule has 6 unspecified atom stereocenters. The summed E-state index contributed by atoms with van der Waals surface area (Å²) in [5, 5.41) is 20.9. The summed E-state index contributed by atoms with van der Waals surface area (Å²) in [4.78, 5) is 54.1. The minimum absolute atomic E-state index is 0.0577. The van der Waals surface area contributed by atoms with E-state index in [0.29, 0.717) is 12.0 Å². The van der Waals surface area contributed by atoms with E-state index in [0.717, 1.165) is 22.6 Å². The van der Waals surface area contributed by atoms with Crippen LogP contribution in [0.4, 0.5) is 10.1 Å². The number of amides is 4. The summed E-state index contributed by atoms with van der Waals surface area (Å²) in [7, 11) is 0. The number of phenols is 2. The van der Waals surface area contributed by atoms with Gasteiger partial charge in [0.25, 0.3) is 11.8 Å². The van der Waals surface area contributed by atoms with Gasteiger partial charge in [0.05, 0.1) is 17.5 Å². The number of imide groups is 2. The van der Waals surface area contributed by atoms with Crippen molar-refractivity contribution in [2.24, 2.45) is 17.8 Å². The van der Waals surface area contributed by atoms with Crippen molar-refractivity contribution < 1.29 is 33.8 Å². The molecule has 3 fully saturated rings. The monoisotopic (exact) mass is 682 g/mol. The summed E-state index contributed by atoms with van der Waals surface area (Å²) >= 11 is 21.0. The Morgan fingerprint density at radius 3 is 2.26 bits per heavy atom. The van der Waals surface area contributed by atoms with Gasteiger partial charge in [0.2, 0.25) is 11.8 Å². The SMILES string of the molecule is O=C1C2CC=C3C(CC4(Cl)C(=O)N(c5ccc(F)cc5)C(=O)C4(Cl)C3c3cc(Cl)ccc3O)C2C(=O)N1CCc1ccc(O)cc1. The van der Waals surface area contributed by atoms with Crippen molar-refractivity contribution in [3.8, 4) is 11.5 Å². The van der Waals surface area contributed by atoms with E-state index in [4.69, 9.17) is 34.8 Å². The highest BCUT2D eigenvalue weighted by Gasteiger charge is 2.76. The topological polar surface area (TPSA) is 115 Å². The van der Waals surface area contributed by atoms with Crippen molar-refractivity contribution in [2.75, 3.05) is 11.4 Å². The second-order valence-corrected chi connectivity index (χ2v) is 13.9. The molecule has 0 radical (unpaired) electrons. The molecule has 2 saturated heterocycles. The third kappa shape index (κ3) is 4.32. The molecule has 3 aromatic rings. The molecule has 4 aliphatic rings. The number of rotatable bonds is 5. The number of carbonyl (C=O) groups is 4. The van der Waals surface area contributed by atoms with Gasteiger partial charge in [0, 0.05) is 23.0 Å². The van der Waals surface area contributed by atoms with Crippen LogP contribution in [0.2, 0.25) is 5.02 Å². The van der Waals surface area contributed by atoms with Crippen LogP contribution in [0.1, 0.15) is 29.9 Å². The average Bonchev–Trinajstić information content (AvgIpc) is 3.36. The van der Waals surface area contributed by atoms with Crippen molar-refractivity contribution in [2.45, 2.75) is 34.9 Å². The van der Waals surface area contributed by atoms with Crippen molar-refractivity contribution in [3.63, 3.8) is 0 Å². The third-order valence-corrected chi connectivity index (χ3v) is 11.5. The van der Waals surface area contributed by atoms with E-state index in [1.54, 1.807) is 18.2 Å². The molecule has 4 amide bonds. The van der Waals surface area contributed by atoms with E-state index in [2.05, 4.69) is 0 Å². The number of nitrogens with zero attached hydrogens (tertiary/aromatic N) is 2. The van der Waals surface area contributed by atoms with E-state index < -0.39 is 57.0 Å². The van der Waals surface area contributed by atoms with Crippen LogP contribution < -0.4 is 4.90 Å². The van der Waals surface area contributed by atoms with Crippen LogP contribution in [0.15, 0.2) is 78.4 Å². The van der Waals surface area contributed by atoms with Crippen LogP contribution in [0.5, 0.6) is 11.5 Å². The number of likely N-dealkylation sites (tertiary alicyclic amines) is 1. The van der Waals surface area contributed by atoms with Crippen LogP contribution in [-0.4, -0.2) is 55.0 Å². The lowest BCUT2D eigenvalue weighted by Crippen LogP contribution is -2.60. The van der Waals surface area contributed by atoms with Gasteiger partial charge in [0.15, 0.2) is 9.75 Å². The van der Waals surface area contributed by atoms with Crippen LogP contribution in [0.25, 0.3) is 0 Å². The molecule has 7 rings (SSSR count). The van der Waals surface area contributed by atoms with Crippen molar-refractivity contribution in [3.05, 3.63) is 100 Å². The van der Waals surface area contributed by atoms with Gasteiger partial charge < -0.3 is 10.2 Å². The standard InChI is InChI=1S/C34H26Cl3FN2O6/c35-18-3-12-26(42)24(15-18)28-22-10-11-23-27(30(44)39(29(23)43)14-13-17-1-8-21(41)9-2-17)25(22)16-33(36)31(45)40(32(46)34(28,33)37)20-6-4-19(38)5-7-20/h1-10,12,15,23,25,27-28,41-42H,11,13-14,16H2. The molecular weight excluding hydrogens is 658 g/mol. The van der Waals surface area contributed by atoms with Crippen molar-refractivity contribution >= 4 is 64.1 Å². The van der Waals surface area contributed by atoms with Gasteiger partial charge in [0.1, 0.15) is 17.3 Å². The molecule has 8 nitrogen and oxygen atoms in total. The Labute approximate surface area is 278 Å². The van der Waals surface area contributed by atoms with E-state index in [-0.39, 0.29) is 53.1 Å². The molecule has 12 heteroatoms. The predicted octanol–water partition coefficient (Wildman–Crippen LogP) is 5.70. The molecule has 6 atom stereocenters. The zero-order chi connectivity index (χ0) is 32.7. The Hall–Kier alpha value is -3.92. The first-order chi connectivity index (χ1) is 21.9. The Balaban J connectivity index is 1.33. The minimum atomic E-state index is -2.18. The molecule has 0 aromatic heterocycles. The fourth-order valence-corrected chi connectivity index (χ4v) is 8.80. The van der Waals surface area contributed by atoms with Crippen molar-refractivity contribution in [1.29, 1.82) is 0 Å². The summed E-state index contributed by atoms with van der Waals surface area (Å²) < 4.78 is 13.8. The lowest BCUT2D eigenvalue weighted by Gasteiger charge is -2.50. The molecule has 2 N–H and O–H groups in total. The van der Waals surface area contributed by atoms with Gasteiger partial charge in [-0.1, -0.05) is 35.4 Å². The van der Waals surface area contributed by atoms with Crippen LogP contribution >= 0.6 is 34.8 Å². The van der Waals surface area contributed by atoms with Gasteiger partial charge in [-0.25, -0.2) is 9.29 Å². The number of anilines is 1. The van der Waals surface area contributed by atoms with Gasteiger partial charge >= 0.3 is 0 Å². The Morgan fingerprint density at radius 2 is 1.57 bits per heavy atom. The largest absolute Gasteiger partial charge is 0.508 e. The van der Waals surface area contributed by atoms with E-state index in [1.165, 1.54) is 47.4 Å². The number of benzene rings is 3. The molecular formula is C34H26Cl3FN2O6. The minimum Gasteiger partial charge on any atom is -0.508 e. The second kappa shape index (κ2) is 10.8. The van der Waals surface area contributed by atoms with Gasteiger partial charge in [-0.15, -0.1) is 23.2 Å². The summed E-state index contributed by atoms with van der Waals surface area (Å²) in [5.41, 5.74) is 1.53. The Bertz CT molecular complexity index is 1850. The van der Waals surface area contributed by atoms with Crippen LogP contribution in [-0.2, 0) is 25.6 Å². The normalized spacial score (nSPS) is 30.3. The number of hydrogen-bond acceptors (Lipinski definition) is 6. The molecule has 0 bridgehead atoms. The van der Waals surface area contributed by atoms with Crippen LogP contribution in [0, 0.1) is 23.6 Å². The van der Waals surface area contributed by atoms with Gasteiger partial charge in [-0.3, -0.25) is 24.1 Å². The van der Waals surface area contributed by atoms with E-state index >= 15 is 0 Å².